The molecule has 4 heteroatoms. The molecule has 0 saturated carbocycles. The fourth-order valence-corrected chi connectivity index (χ4v) is 1.86. The van der Waals surface area contributed by atoms with Crippen molar-refractivity contribution >= 4 is 5.69 Å². The van der Waals surface area contributed by atoms with E-state index >= 15 is 0 Å². The summed E-state index contributed by atoms with van der Waals surface area (Å²) < 4.78 is 0. The molecule has 2 rings (SSSR count). The monoisotopic (exact) mass is 270 g/mol. The molecule has 0 heterocycles. The Morgan fingerprint density at radius 3 is 2.43 bits per heavy atom. The Morgan fingerprint density at radius 1 is 0.952 bits per heavy atom. The van der Waals surface area contributed by atoms with Gasteiger partial charge in [-0.25, -0.2) is 0 Å². The number of hydrogen-bond donors (Lipinski definition) is 1. The van der Waals surface area contributed by atoms with E-state index in [2.05, 4.69) is 11.4 Å². The molecule has 0 aromatic heterocycles. The van der Waals surface area contributed by atoms with Crippen LogP contribution in [0.5, 0.6) is 0 Å². The molecule has 2 aromatic carbocycles. The lowest BCUT2D eigenvalue weighted by atomic mass is 10.0. The lowest BCUT2D eigenvalue weighted by Crippen LogP contribution is -1.93. The van der Waals surface area contributed by atoms with Gasteiger partial charge in [0.2, 0.25) is 0 Å². The molecule has 0 aliphatic carbocycles. The van der Waals surface area contributed by atoms with Gasteiger partial charge in [0.25, 0.3) is 0 Å². The second-order valence-electron chi connectivity index (χ2n) is 4.16. The topological polar surface area (TPSA) is 83.4 Å². The molecule has 0 fully saturated rings. The van der Waals surface area contributed by atoms with Gasteiger partial charge in [-0.3, -0.25) is 0 Å². The van der Waals surface area contributed by atoms with Crippen molar-refractivity contribution in [3.05, 3.63) is 65.9 Å². The van der Waals surface area contributed by atoms with Crippen molar-refractivity contribution in [2.45, 2.75) is 0 Å². The van der Waals surface area contributed by atoms with Crippen LogP contribution in [-0.4, -0.2) is 0 Å². The van der Waals surface area contributed by atoms with Gasteiger partial charge >= 0.3 is 0 Å². The van der Waals surface area contributed by atoms with Gasteiger partial charge in [-0.05, 0) is 23.8 Å². The third-order valence-electron chi connectivity index (χ3n) is 2.84. The van der Waals surface area contributed by atoms with E-state index in [1.807, 2.05) is 36.4 Å². The van der Waals surface area contributed by atoms with E-state index in [1.54, 1.807) is 24.3 Å². The molecule has 21 heavy (non-hydrogen) atoms. The lowest BCUT2D eigenvalue weighted by molar-refractivity contribution is 1.44. The third kappa shape index (κ3) is 3.26. The summed E-state index contributed by atoms with van der Waals surface area (Å²) in [6, 6.07) is 20.4. The number of para-hydroxylation sites is 1. The predicted octanol–water partition coefficient (Wildman–Crippen LogP) is 3.57. The number of allylic oxidation sites excluding steroid dienone is 1. The maximum absolute atomic E-state index is 8.97. The Labute approximate surface area is 122 Å². The highest BCUT2D eigenvalue weighted by Gasteiger charge is 2.04. The molecule has 4 nitrogen and oxygen atoms in total. The molecule has 0 spiro atoms. The molecule has 0 unspecified atom stereocenters. The lowest BCUT2D eigenvalue weighted by Gasteiger charge is -2.09. The number of anilines is 1. The summed E-state index contributed by atoms with van der Waals surface area (Å²) in [6.07, 6.45) is 1.37. The molecule has 0 aliphatic rings. The van der Waals surface area contributed by atoms with Crippen molar-refractivity contribution < 1.29 is 0 Å². The minimum atomic E-state index is -0.00409. The first-order chi connectivity index (χ1) is 10.3. The number of hydrogen-bond acceptors (Lipinski definition) is 4. The summed E-state index contributed by atoms with van der Waals surface area (Å²) in [5.41, 5.74) is 3.11. The van der Waals surface area contributed by atoms with Crippen molar-refractivity contribution in [2.75, 3.05) is 5.32 Å². The van der Waals surface area contributed by atoms with Crippen molar-refractivity contribution in [1.82, 2.24) is 0 Å². The maximum atomic E-state index is 8.97. The molecular formula is C17H10N4. The minimum Gasteiger partial charge on any atom is -0.359 e. The summed E-state index contributed by atoms with van der Waals surface area (Å²) >= 11 is 0. The molecule has 0 atom stereocenters. The highest BCUT2D eigenvalue weighted by atomic mass is 14.8. The van der Waals surface area contributed by atoms with Crippen LogP contribution in [0.25, 0.3) is 11.1 Å². The highest BCUT2D eigenvalue weighted by molar-refractivity contribution is 5.79. The number of nitrogens with one attached hydrogen (secondary N) is 1. The van der Waals surface area contributed by atoms with Crippen LogP contribution in [0.2, 0.25) is 0 Å². The van der Waals surface area contributed by atoms with Crippen molar-refractivity contribution in [1.29, 1.82) is 15.8 Å². The van der Waals surface area contributed by atoms with E-state index in [-0.39, 0.29) is 5.57 Å². The quantitative estimate of drug-likeness (QED) is 0.864. The highest BCUT2D eigenvalue weighted by Crippen LogP contribution is 2.28. The van der Waals surface area contributed by atoms with Crippen LogP contribution in [-0.2, 0) is 0 Å². The molecule has 0 aliphatic heterocycles. The second kappa shape index (κ2) is 6.57. The minimum absolute atomic E-state index is 0.00409. The number of rotatable bonds is 3. The summed E-state index contributed by atoms with van der Waals surface area (Å²) in [7, 11) is 0. The van der Waals surface area contributed by atoms with Gasteiger partial charge in [0.05, 0.1) is 11.6 Å². The Bertz CT molecular complexity index is 798. The van der Waals surface area contributed by atoms with Crippen LogP contribution >= 0.6 is 0 Å². The Hall–Kier alpha value is -3.55. The predicted molar refractivity (Wildman–Crippen MR) is 79.5 cm³/mol. The van der Waals surface area contributed by atoms with Gasteiger partial charge in [0.1, 0.15) is 17.7 Å². The molecule has 0 radical (unpaired) electrons. The van der Waals surface area contributed by atoms with Gasteiger partial charge in [-0.2, -0.15) is 15.8 Å². The van der Waals surface area contributed by atoms with Gasteiger partial charge in [-0.15, -0.1) is 0 Å². The van der Waals surface area contributed by atoms with E-state index < -0.39 is 0 Å². The fraction of sp³-hybridized carbons (Fsp3) is 0. The van der Waals surface area contributed by atoms with Crippen molar-refractivity contribution in [3.8, 4) is 29.3 Å². The van der Waals surface area contributed by atoms with Crippen LogP contribution in [0.4, 0.5) is 5.69 Å². The van der Waals surface area contributed by atoms with E-state index in [0.717, 1.165) is 16.8 Å². The van der Waals surface area contributed by atoms with E-state index in [1.165, 1.54) is 6.20 Å². The smallest absolute Gasteiger partial charge is 0.145 e. The van der Waals surface area contributed by atoms with Gasteiger partial charge in [0, 0.05) is 17.5 Å². The molecule has 0 bridgehead atoms. The largest absolute Gasteiger partial charge is 0.359 e. The van der Waals surface area contributed by atoms with Crippen LogP contribution in [0, 0.1) is 34.0 Å². The summed E-state index contributed by atoms with van der Waals surface area (Å²) in [6.45, 7) is 0. The first kappa shape index (κ1) is 13.9. The summed E-state index contributed by atoms with van der Waals surface area (Å²) in [5.74, 6) is 0. The van der Waals surface area contributed by atoms with Crippen LogP contribution in [0.1, 0.15) is 5.56 Å². The number of nitrogens with zero attached hydrogens (tertiary/aromatic N) is 3. The fourth-order valence-electron chi connectivity index (χ4n) is 1.86. The van der Waals surface area contributed by atoms with E-state index in [0.29, 0.717) is 5.56 Å². The zero-order valence-electron chi connectivity index (χ0n) is 11.0. The Balaban J connectivity index is 2.43. The Morgan fingerprint density at radius 2 is 1.71 bits per heavy atom. The van der Waals surface area contributed by atoms with Crippen molar-refractivity contribution in [2.24, 2.45) is 0 Å². The van der Waals surface area contributed by atoms with E-state index in [9.17, 15) is 0 Å². The molecule has 0 saturated heterocycles. The zero-order valence-corrected chi connectivity index (χ0v) is 11.0. The number of nitriles is 3. The molecule has 0 amide bonds. The number of benzene rings is 2. The normalized spacial score (nSPS) is 8.81. The molecule has 98 valence electrons. The first-order valence-corrected chi connectivity index (χ1v) is 6.15. The van der Waals surface area contributed by atoms with Gasteiger partial charge in [-0.1, -0.05) is 30.3 Å². The van der Waals surface area contributed by atoms with Crippen LogP contribution in [0.15, 0.2) is 60.3 Å². The molecular weight excluding hydrogens is 260 g/mol. The maximum Gasteiger partial charge on any atom is 0.145 e. The van der Waals surface area contributed by atoms with Crippen molar-refractivity contribution in [3.63, 3.8) is 0 Å². The molecule has 1 N–H and O–H groups in total. The molecule has 2 aromatic rings. The van der Waals surface area contributed by atoms with E-state index in [4.69, 9.17) is 15.8 Å². The average Bonchev–Trinajstić information content (AvgIpc) is 2.56. The van der Waals surface area contributed by atoms with Crippen LogP contribution < -0.4 is 5.32 Å². The standard InChI is InChI=1S/C17H10N4/c18-9-13-4-3-5-15(8-13)16-6-1-2-7-17(16)21-12-14(10-19)11-20/h1-8,12,21H. The second-order valence-corrected chi connectivity index (χ2v) is 4.16. The zero-order chi connectivity index (χ0) is 15.1. The first-order valence-electron chi connectivity index (χ1n) is 6.15. The third-order valence-corrected chi connectivity index (χ3v) is 2.84. The van der Waals surface area contributed by atoms with Crippen LogP contribution in [0.3, 0.4) is 0 Å². The van der Waals surface area contributed by atoms with Gasteiger partial charge < -0.3 is 5.32 Å². The summed E-state index contributed by atoms with van der Waals surface area (Å²) in [5, 5.41) is 29.4. The summed E-state index contributed by atoms with van der Waals surface area (Å²) in [4.78, 5) is 0. The average molecular weight is 270 g/mol. The Kier molecular flexibility index (Phi) is 4.34. The SMILES string of the molecule is N#CC(C#N)=CNc1ccccc1-c1cccc(C#N)c1. The van der Waals surface area contributed by atoms with Gasteiger partial charge in [0.15, 0.2) is 0 Å².